The molecular formula is C3H2FN2. The Balaban J connectivity index is 2.61. The van der Waals surface area contributed by atoms with Gasteiger partial charge < -0.3 is 0 Å². The molecule has 31 valence electrons. The predicted molar refractivity (Wildman–Crippen MR) is 19.8 cm³/mol. The zero-order valence-corrected chi connectivity index (χ0v) is 2.93. The molecule has 0 bridgehead atoms. The molecule has 1 rings (SSSR count). The van der Waals surface area contributed by atoms with Gasteiger partial charge in [0.05, 0.1) is 6.21 Å². The molecule has 0 aromatic carbocycles. The van der Waals surface area contributed by atoms with E-state index in [-0.39, 0.29) is 0 Å². The average Bonchev–Trinajstić information content (AvgIpc) is 1.86. The molecule has 0 N–H and O–H groups in total. The molecule has 2 nitrogen and oxygen atoms in total. The van der Waals surface area contributed by atoms with E-state index in [4.69, 9.17) is 0 Å². The van der Waals surface area contributed by atoms with Crippen LogP contribution in [0.3, 0.4) is 0 Å². The first-order valence-electron chi connectivity index (χ1n) is 1.49. The summed E-state index contributed by atoms with van der Waals surface area (Å²) in [6.45, 7) is 0. The third-order valence-electron chi connectivity index (χ3n) is 0.432. The van der Waals surface area contributed by atoms with Gasteiger partial charge in [0.15, 0.2) is 0 Å². The summed E-state index contributed by atoms with van der Waals surface area (Å²) in [6, 6.07) is 0. The Bertz CT molecular complexity index is 105. The topological polar surface area (TPSA) is 26.5 Å². The average molecular weight is 85.1 g/mol. The molecule has 0 aromatic heterocycles. The normalized spacial score (nSPS) is 17.2. The van der Waals surface area contributed by atoms with Crippen LogP contribution in [0.4, 0.5) is 4.39 Å². The summed E-state index contributed by atoms with van der Waals surface area (Å²) in [7, 11) is 0. The Morgan fingerprint density at radius 2 is 2.50 bits per heavy atom. The van der Waals surface area contributed by atoms with Gasteiger partial charge in [0.25, 0.3) is 0 Å². The lowest BCUT2D eigenvalue weighted by atomic mass is 10.7. The van der Waals surface area contributed by atoms with Crippen LogP contribution in [-0.2, 0) is 0 Å². The highest BCUT2D eigenvalue weighted by Crippen LogP contribution is 1.94. The highest BCUT2D eigenvalue weighted by atomic mass is 19.1. The van der Waals surface area contributed by atoms with Crippen molar-refractivity contribution in [1.29, 1.82) is 0 Å². The third-order valence-corrected chi connectivity index (χ3v) is 0.432. The van der Waals surface area contributed by atoms with E-state index in [1.54, 1.807) is 0 Å². The fraction of sp³-hybridized carbons (Fsp3) is 0. The first-order valence-corrected chi connectivity index (χ1v) is 1.49. The van der Waals surface area contributed by atoms with Crippen molar-refractivity contribution in [2.24, 2.45) is 5.10 Å². The lowest BCUT2D eigenvalue weighted by Crippen LogP contribution is -1.80. The maximum Gasteiger partial charge on any atom is 0.234 e. The van der Waals surface area contributed by atoms with Crippen molar-refractivity contribution in [3.8, 4) is 0 Å². The zero-order valence-electron chi connectivity index (χ0n) is 2.93. The molecule has 1 aliphatic heterocycles. The maximum absolute atomic E-state index is 11.5. The van der Waals surface area contributed by atoms with Crippen molar-refractivity contribution >= 4 is 6.21 Å². The smallest absolute Gasteiger partial charge is 0.183 e. The standard InChI is InChI=1S/C3H2FN2/c4-3-1-2-5-6-3/h1-2H. The van der Waals surface area contributed by atoms with Crippen molar-refractivity contribution in [1.82, 2.24) is 5.43 Å². The molecule has 0 spiro atoms. The van der Waals surface area contributed by atoms with E-state index in [9.17, 15) is 4.39 Å². The van der Waals surface area contributed by atoms with Crippen LogP contribution in [0.15, 0.2) is 17.1 Å². The highest BCUT2D eigenvalue weighted by Gasteiger charge is 1.93. The lowest BCUT2D eigenvalue weighted by molar-refractivity contribution is 0.559. The van der Waals surface area contributed by atoms with E-state index >= 15 is 0 Å². The van der Waals surface area contributed by atoms with Crippen LogP contribution in [-0.4, -0.2) is 6.21 Å². The van der Waals surface area contributed by atoms with Gasteiger partial charge in [-0.1, -0.05) is 0 Å². The molecule has 0 atom stereocenters. The summed E-state index contributed by atoms with van der Waals surface area (Å²) >= 11 is 0. The number of halogens is 1. The summed E-state index contributed by atoms with van der Waals surface area (Å²) in [5.74, 6) is -0.519. The minimum atomic E-state index is -0.519. The molecule has 6 heavy (non-hydrogen) atoms. The van der Waals surface area contributed by atoms with Crippen molar-refractivity contribution in [2.45, 2.75) is 0 Å². The SMILES string of the molecule is FC1=CC=N[N]1. The van der Waals surface area contributed by atoms with Gasteiger partial charge in [-0.3, -0.25) is 0 Å². The zero-order chi connectivity index (χ0) is 4.41. The maximum atomic E-state index is 11.5. The van der Waals surface area contributed by atoms with Gasteiger partial charge in [-0.25, -0.2) is 0 Å². The van der Waals surface area contributed by atoms with Crippen molar-refractivity contribution in [3.05, 3.63) is 12.0 Å². The fourth-order valence-electron chi connectivity index (χ4n) is 0.217. The van der Waals surface area contributed by atoms with Gasteiger partial charge in [-0.05, 0) is 0 Å². The van der Waals surface area contributed by atoms with Gasteiger partial charge in [0, 0.05) is 6.08 Å². The Kier molecular flexibility index (Phi) is 0.602. The number of hydrogen-bond acceptors (Lipinski definition) is 1. The molecule has 1 aliphatic rings. The van der Waals surface area contributed by atoms with Crippen LogP contribution in [0, 0.1) is 0 Å². The van der Waals surface area contributed by atoms with Gasteiger partial charge >= 0.3 is 0 Å². The molecule has 1 radical (unpaired) electrons. The van der Waals surface area contributed by atoms with E-state index in [0.717, 1.165) is 0 Å². The Morgan fingerprint density at radius 1 is 1.67 bits per heavy atom. The van der Waals surface area contributed by atoms with Crippen LogP contribution in [0.1, 0.15) is 0 Å². The Labute approximate surface area is 34.4 Å². The van der Waals surface area contributed by atoms with Gasteiger partial charge in [0.1, 0.15) is 0 Å². The van der Waals surface area contributed by atoms with Crippen LogP contribution < -0.4 is 5.43 Å². The minimum Gasteiger partial charge on any atom is -0.183 e. The summed E-state index contributed by atoms with van der Waals surface area (Å²) in [6.07, 6.45) is 2.50. The number of nitrogens with zero attached hydrogens (tertiary/aromatic N) is 2. The van der Waals surface area contributed by atoms with Crippen molar-refractivity contribution in [3.63, 3.8) is 0 Å². The van der Waals surface area contributed by atoms with E-state index in [1.165, 1.54) is 12.3 Å². The van der Waals surface area contributed by atoms with E-state index in [1.807, 2.05) is 0 Å². The molecule has 1 heterocycles. The van der Waals surface area contributed by atoms with Crippen LogP contribution >= 0.6 is 0 Å². The second-order valence-electron chi connectivity index (χ2n) is 0.854. The summed E-state index contributed by atoms with van der Waals surface area (Å²) in [5, 5.41) is 3.20. The van der Waals surface area contributed by atoms with Crippen LogP contribution in [0.2, 0.25) is 0 Å². The lowest BCUT2D eigenvalue weighted by Gasteiger charge is -1.73. The summed E-state index contributed by atoms with van der Waals surface area (Å²) in [5.41, 5.74) is 3.00. The van der Waals surface area contributed by atoms with Crippen molar-refractivity contribution in [2.75, 3.05) is 0 Å². The largest absolute Gasteiger partial charge is 0.234 e. The first-order chi connectivity index (χ1) is 2.89. The summed E-state index contributed by atoms with van der Waals surface area (Å²) < 4.78 is 11.5. The molecule has 0 saturated carbocycles. The molecule has 0 aromatic rings. The van der Waals surface area contributed by atoms with Gasteiger partial charge in [-0.2, -0.15) is 9.49 Å². The van der Waals surface area contributed by atoms with Crippen LogP contribution in [0.5, 0.6) is 0 Å². The molecule has 0 aliphatic carbocycles. The highest BCUT2D eigenvalue weighted by molar-refractivity contribution is 5.73. The Hall–Kier alpha value is -0.860. The first kappa shape index (κ1) is 3.33. The molecule has 0 saturated heterocycles. The molecule has 3 heteroatoms. The fourth-order valence-corrected chi connectivity index (χ4v) is 0.217. The van der Waals surface area contributed by atoms with Gasteiger partial charge in [0.2, 0.25) is 5.95 Å². The molecule has 0 amide bonds. The van der Waals surface area contributed by atoms with Crippen LogP contribution in [0.25, 0.3) is 0 Å². The molecule has 0 unspecified atom stereocenters. The minimum absolute atomic E-state index is 0.519. The molecular weight excluding hydrogens is 83.0 g/mol. The number of hydrogen-bond donors (Lipinski definition) is 0. The van der Waals surface area contributed by atoms with Crippen molar-refractivity contribution < 1.29 is 4.39 Å². The Morgan fingerprint density at radius 3 is 2.67 bits per heavy atom. The van der Waals surface area contributed by atoms with E-state index < -0.39 is 5.95 Å². The number of rotatable bonds is 0. The monoisotopic (exact) mass is 85.0 g/mol. The van der Waals surface area contributed by atoms with Gasteiger partial charge in [-0.15, -0.1) is 5.43 Å². The predicted octanol–water partition coefficient (Wildman–Crippen LogP) is 0.401. The molecule has 0 fully saturated rings. The van der Waals surface area contributed by atoms with E-state index in [2.05, 4.69) is 10.5 Å². The summed E-state index contributed by atoms with van der Waals surface area (Å²) in [4.78, 5) is 0. The number of allylic oxidation sites excluding steroid dienone is 1. The third kappa shape index (κ3) is 0.381. The second kappa shape index (κ2) is 1.08. The van der Waals surface area contributed by atoms with E-state index in [0.29, 0.717) is 0 Å². The quantitative estimate of drug-likeness (QED) is 0.381. The second-order valence-corrected chi connectivity index (χ2v) is 0.854.